The quantitative estimate of drug-likeness (QED) is 0.278. The lowest BCUT2D eigenvalue weighted by atomic mass is 9.73. The van der Waals surface area contributed by atoms with Gasteiger partial charge in [-0.05, 0) is 78.6 Å². The van der Waals surface area contributed by atoms with Crippen molar-refractivity contribution in [3.05, 3.63) is 101 Å². The number of halogens is 1. The molecule has 3 aromatic rings. The van der Waals surface area contributed by atoms with Crippen molar-refractivity contribution < 1.29 is 28.3 Å². The molecule has 0 unspecified atom stereocenters. The summed E-state index contributed by atoms with van der Waals surface area (Å²) in [6.07, 6.45) is 1.78. The summed E-state index contributed by atoms with van der Waals surface area (Å²) in [6.45, 7) is -0.509. The Balaban J connectivity index is 1.18. The molecule has 3 aliphatic rings. The molecule has 6 rings (SSSR count). The average Bonchev–Trinajstić information content (AvgIpc) is 3.59. The first-order valence-corrected chi connectivity index (χ1v) is 12.4. The van der Waals surface area contributed by atoms with E-state index in [0.29, 0.717) is 5.69 Å². The van der Waals surface area contributed by atoms with Crippen LogP contribution in [0.15, 0.2) is 78.9 Å². The third-order valence-corrected chi connectivity index (χ3v) is 8.08. The number of amides is 2. The summed E-state index contributed by atoms with van der Waals surface area (Å²) in [7, 11) is 0. The second-order valence-corrected chi connectivity index (χ2v) is 10.0. The standard InChI is InChI=1S/C30H24FNO5/c31-21-11-9-18(10-12-21)25(33)16-37-30(36)19-7-4-8-22(13-19)32-28(34)26-20-14-23(17-5-2-1-3-6-17)24(15-20)27(26)29(32)35/h1-13,20,23-24,26-27H,14-16H2/t20-,23-,24-,26+,27+/m0/s1. The van der Waals surface area contributed by atoms with Crippen LogP contribution in [0.3, 0.4) is 0 Å². The van der Waals surface area contributed by atoms with Crippen molar-refractivity contribution in [2.75, 3.05) is 11.5 Å². The number of rotatable bonds is 6. The first-order valence-electron chi connectivity index (χ1n) is 12.4. The molecule has 2 saturated carbocycles. The number of hydrogen-bond donors (Lipinski definition) is 0. The summed E-state index contributed by atoms with van der Waals surface area (Å²) in [6, 6.07) is 21.3. The Morgan fingerprint density at radius 1 is 0.838 bits per heavy atom. The smallest absolute Gasteiger partial charge is 0.338 e. The van der Waals surface area contributed by atoms with E-state index in [1.54, 1.807) is 12.1 Å². The van der Waals surface area contributed by atoms with Gasteiger partial charge in [0.15, 0.2) is 12.4 Å². The molecule has 0 radical (unpaired) electrons. The number of benzene rings is 3. The van der Waals surface area contributed by atoms with Crippen LogP contribution in [-0.4, -0.2) is 30.2 Å². The third-order valence-electron chi connectivity index (χ3n) is 8.08. The number of hydrogen-bond acceptors (Lipinski definition) is 5. The van der Waals surface area contributed by atoms with Gasteiger partial charge in [-0.2, -0.15) is 0 Å². The summed E-state index contributed by atoms with van der Waals surface area (Å²) in [5.41, 5.74) is 1.91. The molecule has 1 aliphatic heterocycles. The number of carbonyl (C=O) groups is 4. The highest BCUT2D eigenvalue weighted by Gasteiger charge is 2.64. The zero-order valence-corrected chi connectivity index (χ0v) is 19.9. The Morgan fingerprint density at radius 3 is 2.32 bits per heavy atom. The fourth-order valence-corrected chi connectivity index (χ4v) is 6.50. The minimum Gasteiger partial charge on any atom is -0.454 e. The maximum atomic E-state index is 13.6. The number of carbonyl (C=O) groups excluding carboxylic acids is 4. The molecule has 2 amide bonds. The molecule has 37 heavy (non-hydrogen) atoms. The molecule has 0 aromatic heterocycles. The second-order valence-electron chi connectivity index (χ2n) is 10.0. The molecular weight excluding hydrogens is 473 g/mol. The summed E-state index contributed by atoms with van der Waals surface area (Å²) in [4.78, 5) is 53.1. The number of ketones is 1. The number of ether oxygens (including phenoxy) is 1. The topological polar surface area (TPSA) is 80.8 Å². The number of nitrogens with zero attached hydrogens (tertiary/aromatic N) is 1. The number of imide groups is 1. The van der Waals surface area contributed by atoms with Crippen molar-refractivity contribution >= 4 is 29.3 Å². The summed E-state index contributed by atoms with van der Waals surface area (Å²) in [5, 5.41) is 0. The van der Waals surface area contributed by atoms with Crippen molar-refractivity contribution in [2.24, 2.45) is 23.7 Å². The highest BCUT2D eigenvalue weighted by molar-refractivity contribution is 6.23. The van der Waals surface area contributed by atoms with Crippen molar-refractivity contribution in [3.8, 4) is 0 Å². The normalized spacial score (nSPS) is 25.9. The Morgan fingerprint density at radius 2 is 1.57 bits per heavy atom. The molecule has 0 N–H and O–H groups in total. The van der Waals surface area contributed by atoms with E-state index in [9.17, 15) is 23.6 Å². The maximum Gasteiger partial charge on any atom is 0.338 e. The van der Waals surface area contributed by atoms with Crippen LogP contribution in [0.2, 0.25) is 0 Å². The van der Waals surface area contributed by atoms with E-state index >= 15 is 0 Å². The largest absolute Gasteiger partial charge is 0.454 e. The van der Waals surface area contributed by atoms with Gasteiger partial charge in [0.05, 0.1) is 23.1 Å². The maximum absolute atomic E-state index is 13.6. The van der Waals surface area contributed by atoms with Gasteiger partial charge in [-0.3, -0.25) is 19.3 Å². The van der Waals surface area contributed by atoms with Gasteiger partial charge in [0.2, 0.25) is 11.8 Å². The monoisotopic (exact) mass is 497 g/mol. The van der Waals surface area contributed by atoms with Gasteiger partial charge in [0.25, 0.3) is 0 Å². The van der Waals surface area contributed by atoms with E-state index < -0.39 is 24.2 Å². The fraction of sp³-hybridized carbons (Fsp3) is 0.267. The van der Waals surface area contributed by atoms with Crippen LogP contribution in [0.25, 0.3) is 0 Å². The van der Waals surface area contributed by atoms with Gasteiger partial charge >= 0.3 is 5.97 Å². The molecule has 1 saturated heterocycles. The number of anilines is 1. The number of fused-ring (bicyclic) bond motifs is 5. The van der Waals surface area contributed by atoms with Crippen molar-refractivity contribution in [1.29, 1.82) is 0 Å². The van der Waals surface area contributed by atoms with Crippen LogP contribution < -0.4 is 4.90 Å². The SMILES string of the molecule is O=C(COC(=O)c1cccc(N2C(=O)[C@@H]3[C@@H]4C[C@H]([C@H]3C2=O)[C@H](c2ccccc2)C4)c1)c1ccc(F)cc1. The molecule has 0 spiro atoms. The fourth-order valence-electron chi connectivity index (χ4n) is 6.50. The Bertz CT molecular complexity index is 1400. The Hall–Kier alpha value is -4.13. The van der Waals surface area contributed by atoms with E-state index in [4.69, 9.17) is 4.74 Å². The minimum absolute atomic E-state index is 0.129. The second kappa shape index (κ2) is 9.07. The third kappa shape index (κ3) is 3.95. The minimum atomic E-state index is -0.749. The highest BCUT2D eigenvalue weighted by atomic mass is 19.1. The van der Waals surface area contributed by atoms with Gasteiger partial charge < -0.3 is 4.74 Å². The molecule has 7 heteroatoms. The van der Waals surface area contributed by atoms with E-state index in [1.165, 1.54) is 34.7 Å². The number of esters is 1. The predicted octanol–water partition coefficient (Wildman–Crippen LogP) is 4.79. The lowest BCUT2D eigenvalue weighted by Crippen LogP contribution is -2.33. The molecule has 186 valence electrons. The summed E-state index contributed by atoms with van der Waals surface area (Å²) >= 11 is 0. The first kappa shape index (κ1) is 23.3. The Labute approximate surface area is 213 Å². The molecule has 3 fully saturated rings. The molecule has 6 nitrogen and oxygen atoms in total. The lowest BCUT2D eigenvalue weighted by molar-refractivity contribution is -0.123. The molecule has 5 atom stereocenters. The molecule has 1 heterocycles. The van der Waals surface area contributed by atoms with Gasteiger partial charge in [0.1, 0.15) is 5.82 Å². The van der Waals surface area contributed by atoms with Gasteiger partial charge in [0, 0.05) is 5.56 Å². The predicted molar refractivity (Wildman–Crippen MR) is 132 cm³/mol. The summed E-state index contributed by atoms with van der Waals surface area (Å²) in [5.74, 6) is -2.19. The Kier molecular flexibility index (Phi) is 5.71. The van der Waals surface area contributed by atoms with Crippen molar-refractivity contribution in [3.63, 3.8) is 0 Å². The van der Waals surface area contributed by atoms with E-state index in [-0.39, 0.29) is 52.5 Å². The lowest BCUT2D eigenvalue weighted by Gasteiger charge is -2.28. The van der Waals surface area contributed by atoms with Gasteiger partial charge in [-0.1, -0.05) is 36.4 Å². The van der Waals surface area contributed by atoms with Gasteiger partial charge in [-0.15, -0.1) is 0 Å². The molecule has 2 aliphatic carbocycles. The molecular formula is C30H24FNO5. The van der Waals surface area contributed by atoms with Crippen LogP contribution in [0.4, 0.5) is 10.1 Å². The zero-order valence-electron chi connectivity index (χ0n) is 19.9. The van der Waals surface area contributed by atoms with E-state index in [1.807, 2.05) is 18.2 Å². The first-order chi connectivity index (χ1) is 17.9. The average molecular weight is 498 g/mol. The molecule has 3 aromatic carbocycles. The van der Waals surface area contributed by atoms with Gasteiger partial charge in [-0.25, -0.2) is 9.18 Å². The van der Waals surface area contributed by atoms with Crippen LogP contribution in [0.5, 0.6) is 0 Å². The summed E-state index contributed by atoms with van der Waals surface area (Å²) < 4.78 is 18.2. The van der Waals surface area contributed by atoms with Crippen LogP contribution in [0.1, 0.15) is 45.0 Å². The van der Waals surface area contributed by atoms with Crippen LogP contribution >= 0.6 is 0 Å². The highest BCUT2D eigenvalue weighted by Crippen LogP contribution is 2.61. The van der Waals surface area contributed by atoms with Crippen molar-refractivity contribution in [2.45, 2.75) is 18.8 Å². The van der Waals surface area contributed by atoms with E-state index in [0.717, 1.165) is 25.0 Å². The zero-order chi connectivity index (χ0) is 25.7. The van der Waals surface area contributed by atoms with Crippen molar-refractivity contribution in [1.82, 2.24) is 0 Å². The van der Waals surface area contributed by atoms with Crippen LogP contribution in [0, 0.1) is 29.5 Å². The molecule has 2 bridgehead atoms. The van der Waals surface area contributed by atoms with Crippen LogP contribution in [-0.2, 0) is 14.3 Å². The van der Waals surface area contributed by atoms with E-state index in [2.05, 4.69) is 12.1 Å². The number of Topliss-reactive ketones (excluding diaryl/α,β-unsaturated/α-hetero) is 1.